The first-order chi connectivity index (χ1) is 5.72. The molecule has 4 nitrogen and oxygen atoms in total. The van der Waals surface area contributed by atoms with Crippen molar-refractivity contribution in [2.75, 3.05) is 13.1 Å². The fourth-order valence-corrected chi connectivity index (χ4v) is 0.682. The number of hydrogen-bond donors (Lipinski definition) is 3. The fourth-order valence-electron chi connectivity index (χ4n) is 0.682. The van der Waals surface area contributed by atoms with Crippen molar-refractivity contribution in [1.29, 1.82) is 0 Å². The topological polar surface area (TPSA) is 70.6 Å². The van der Waals surface area contributed by atoms with E-state index in [1.165, 1.54) is 0 Å². The molecular weight excluding hydrogens is 154 g/mol. The van der Waals surface area contributed by atoms with E-state index in [9.17, 15) is 0 Å². The molecule has 0 spiro atoms. The maximum absolute atomic E-state index is 8.31. The third-order valence-electron chi connectivity index (χ3n) is 1.52. The molecular formula is C8H15N3O. The first-order valence-corrected chi connectivity index (χ1v) is 3.84. The second-order valence-corrected chi connectivity index (χ2v) is 2.58. The van der Waals surface area contributed by atoms with Gasteiger partial charge in [-0.05, 0) is 0 Å². The Labute approximate surface area is 72.8 Å². The van der Waals surface area contributed by atoms with Crippen molar-refractivity contribution in [3.63, 3.8) is 0 Å². The van der Waals surface area contributed by atoms with Gasteiger partial charge >= 0.3 is 0 Å². The van der Waals surface area contributed by atoms with Gasteiger partial charge in [0.2, 0.25) is 0 Å². The van der Waals surface area contributed by atoms with Crippen LogP contribution in [0.3, 0.4) is 0 Å². The highest BCUT2D eigenvalue weighted by molar-refractivity contribution is 5.82. The quantitative estimate of drug-likeness (QED) is 0.135. The molecule has 0 amide bonds. The van der Waals surface area contributed by atoms with Gasteiger partial charge in [-0.25, -0.2) is 0 Å². The monoisotopic (exact) mass is 169 g/mol. The summed E-state index contributed by atoms with van der Waals surface area (Å²) in [4.78, 5) is 0. The Morgan fingerprint density at radius 3 is 3.00 bits per heavy atom. The highest BCUT2D eigenvalue weighted by atomic mass is 16.4. The summed E-state index contributed by atoms with van der Waals surface area (Å²) in [5.41, 5.74) is 5.35. The van der Waals surface area contributed by atoms with E-state index in [4.69, 9.17) is 17.4 Å². The van der Waals surface area contributed by atoms with Crippen molar-refractivity contribution < 1.29 is 5.21 Å². The van der Waals surface area contributed by atoms with Crippen molar-refractivity contribution in [2.45, 2.75) is 13.3 Å². The lowest BCUT2D eigenvalue weighted by molar-refractivity contribution is 0.314. The van der Waals surface area contributed by atoms with Gasteiger partial charge in [-0.1, -0.05) is 12.1 Å². The minimum atomic E-state index is 0.0350. The largest absolute Gasteiger partial charge is 0.409 e. The maximum Gasteiger partial charge on any atom is 0.143 e. The van der Waals surface area contributed by atoms with Crippen LogP contribution in [-0.4, -0.2) is 24.1 Å². The summed E-state index contributed by atoms with van der Waals surface area (Å²) in [6, 6.07) is 0. The second kappa shape index (κ2) is 6.50. The third-order valence-corrected chi connectivity index (χ3v) is 1.52. The van der Waals surface area contributed by atoms with Crippen molar-refractivity contribution in [2.24, 2.45) is 16.8 Å². The SMILES string of the molecule is C#CCCNCC(C)C(N)=NO. The van der Waals surface area contributed by atoms with Gasteiger partial charge in [0.05, 0.1) is 0 Å². The summed E-state index contributed by atoms with van der Waals surface area (Å²) in [6.07, 6.45) is 5.75. The lowest BCUT2D eigenvalue weighted by atomic mass is 10.1. The van der Waals surface area contributed by atoms with Gasteiger partial charge in [0, 0.05) is 25.4 Å². The Morgan fingerprint density at radius 2 is 2.50 bits per heavy atom. The molecule has 0 aliphatic carbocycles. The van der Waals surface area contributed by atoms with E-state index >= 15 is 0 Å². The molecule has 0 aromatic heterocycles. The third kappa shape index (κ3) is 4.58. The van der Waals surface area contributed by atoms with Crippen LogP contribution < -0.4 is 11.1 Å². The molecule has 68 valence electrons. The van der Waals surface area contributed by atoms with Crippen molar-refractivity contribution in [3.8, 4) is 12.3 Å². The minimum Gasteiger partial charge on any atom is -0.409 e. The van der Waals surface area contributed by atoms with Gasteiger partial charge < -0.3 is 16.3 Å². The Kier molecular flexibility index (Phi) is 5.84. The zero-order chi connectivity index (χ0) is 9.40. The van der Waals surface area contributed by atoms with Crippen LogP contribution in [0.4, 0.5) is 0 Å². The highest BCUT2D eigenvalue weighted by Gasteiger charge is 2.05. The van der Waals surface area contributed by atoms with Crippen molar-refractivity contribution in [3.05, 3.63) is 0 Å². The number of nitrogens with two attached hydrogens (primary N) is 1. The Bertz CT molecular complexity index is 183. The molecule has 1 atom stereocenters. The van der Waals surface area contributed by atoms with Crippen LogP contribution in [0, 0.1) is 18.3 Å². The molecule has 0 saturated carbocycles. The number of terminal acetylenes is 1. The molecule has 0 heterocycles. The average Bonchev–Trinajstić information content (AvgIpc) is 2.10. The number of oxime groups is 1. The zero-order valence-electron chi connectivity index (χ0n) is 7.25. The number of nitrogens with one attached hydrogen (secondary N) is 1. The second-order valence-electron chi connectivity index (χ2n) is 2.58. The summed E-state index contributed by atoms with van der Waals surface area (Å²) in [5, 5.41) is 14.3. The van der Waals surface area contributed by atoms with E-state index in [2.05, 4.69) is 16.4 Å². The lowest BCUT2D eigenvalue weighted by Gasteiger charge is -2.09. The van der Waals surface area contributed by atoms with Crippen molar-refractivity contribution in [1.82, 2.24) is 5.32 Å². The summed E-state index contributed by atoms with van der Waals surface area (Å²) < 4.78 is 0. The molecule has 0 aromatic carbocycles. The predicted molar refractivity (Wildman–Crippen MR) is 48.9 cm³/mol. The van der Waals surface area contributed by atoms with Gasteiger partial charge in [0.1, 0.15) is 5.84 Å². The standard InChI is InChI=1S/C8H15N3O/c1-3-4-5-10-6-7(2)8(9)11-12/h1,7,10,12H,4-6H2,2H3,(H2,9,11). The number of amidine groups is 1. The van der Waals surface area contributed by atoms with E-state index in [0.29, 0.717) is 13.0 Å². The predicted octanol–water partition coefficient (Wildman–Crippen LogP) is -0.0182. The van der Waals surface area contributed by atoms with E-state index in [1.807, 2.05) is 6.92 Å². The van der Waals surface area contributed by atoms with Gasteiger partial charge in [-0.15, -0.1) is 12.3 Å². The minimum absolute atomic E-state index is 0.0350. The van der Waals surface area contributed by atoms with Crippen molar-refractivity contribution >= 4 is 5.84 Å². The number of rotatable bonds is 5. The van der Waals surface area contributed by atoms with Crippen LogP contribution in [-0.2, 0) is 0 Å². The van der Waals surface area contributed by atoms with E-state index in [1.54, 1.807) is 0 Å². The Morgan fingerprint density at radius 1 is 1.83 bits per heavy atom. The molecule has 0 aromatic rings. The Hall–Kier alpha value is -1.21. The molecule has 4 N–H and O–H groups in total. The van der Waals surface area contributed by atoms with E-state index < -0.39 is 0 Å². The summed E-state index contributed by atoms with van der Waals surface area (Å²) >= 11 is 0. The number of hydrogen-bond acceptors (Lipinski definition) is 3. The van der Waals surface area contributed by atoms with E-state index in [0.717, 1.165) is 6.54 Å². The van der Waals surface area contributed by atoms with Gasteiger partial charge in [-0.3, -0.25) is 0 Å². The molecule has 0 aliphatic heterocycles. The molecule has 0 bridgehead atoms. The van der Waals surface area contributed by atoms with Crippen LogP contribution in [0.15, 0.2) is 5.16 Å². The first-order valence-electron chi connectivity index (χ1n) is 3.84. The smallest absolute Gasteiger partial charge is 0.143 e. The van der Waals surface area contributed by atoms with Crippen LogP contribution in [0.5, 0.6) is 0 Å². The molecule has 0 radical (unpaired) electrons. The lowest BCUT2D eigenvalue weighted by Crippen LogP contribution is -2.31. The molecule has 0 fully saturated rings. The fraction of sp³-hybridized carbons (Fsp3) is 0.625. The van der Waals surface area contributed by atoms with Crippen LogP contribution in [0.1, 0.15) is 13.3 Å². The molecule has 12 heavy (non-hydrogen) atoms. The molecule has 0 aliphatic rings. The van der Waals surface area contributed by atoms with Gasteiger partial charge in [0.15, 0.2) is 0 Å². The van der Waals surface area contributed by atoms with Gasteiger partial charge in [0.25, 0.3) is 0 Å². The molecule has 4 heteroatoms. The van der Waals surface area contributed by atoms with Crippen LogP contribution in [0.25, 0.3) is 0 Å². The summed E-state index contributed by atoms with van der Waals surface area (Å²) in [7, 11) is 0. The number of nitrogens with zero attached hydrogens (tertiary/aromatic N) is 1. The van der Waals surface area contributed by atoms with Gasteiger partial charge in [-0.2, -0.15) is 0 Å². The van der Waals surface area contributed by atoms with Crippen LogP contribution >= 0.6 is 0 Å². The summed E-state index contributed by atoms with van der Waals surface area (Å²) in [5.74, 6) is 2.79. The van der Waals surface area contributed by atoms with E-state index in [-0.39, 0.29) is 11.8 Å². The molecule has 0 rings (SSSR count). The zero-order valence-corrected chi connectivity index (χ0v) is 7.25. The first kappa shape index (κ1) is 10.8. The highest BCUT2D eigenvalue weighted by Crippen LogP contribution is 1.91. The average molecular weight is 169 g/mol. The van der Waals surface area contributed by atoms with Crippen LogP contribution in [0.2, 0.25) is 0 Å². The Balaban J connectivity index is 3.45. The molecule has 0 saturated heterocycles. The molecule has 1 unspecified atom stereocenters. The normalized spacial score (nSPS) is 13.8. The summed E-state index contributed by atoms with van der Waals surface area (Å²) in [6.45, 7) is 3.31. The maximum atomic E-state index is 8.31.